The maximum Gasteiger partial charge on any atom is 0.136 e. The monoisotopic (exact) mass is 287 g/mol. The summed E-state index contributed by atoms with van der Waals surface area (Å²) in [6.07, 6.45) is 3.22. The van der Waals surface area contributed by atoms with Gasteiger partial charge >= 0.3 is 0 Å². The smallest absolute Gasteiger partial charge is 0.136 e. The number of hydrogen-bond acceptors (Lipinski definition) is 4. The molecule has 1 aliphatic carbocycles. The Morgan fingerprint density at radius 3 is 2.75 bits per heavy atom. The number of aromatic nitrogens is 1. The highest BCUT2D eigenvalue weighted by atomic mass is 32.1. The highest BCUT2D eigenvalue weighted by Crippen LogP contribution is 2.27. The van der Waals surface area contributed by atoms with E-state index in [1.54, 1.807) is 11.3 Å². The molecule has 1 aromatic heterocycles. The predicted octanol–water partition coefficient (Wildman–Crippen LogP) is 4.01. The molecule has 1 saturated carbocycles. The Morgan fingerprint density at radius 1 is 1.30 bits per heavy atom. The van der Waals surface area contributed by atoms with Gasteiger partial charge in [-0.25, -0.2) is 4.98 Å². The van der Waals surface area contributed by atoms with Gasteiger partial charge in [0.05, 0.1) is 0 Å². The van der Waals surface area contributed by atoms with Crippen LogP contribution in [0.15, 0.2) is 29.6 Å². The number of carbonyl (C=O) groups is 1. The lowest BCUT2D eigenvalue weighted by molar-refractivity contribution is -0.122. The molecule has 0 saturated heterocycles. The molecular formula is C16H17NO2S. The van der Waals surface area contributed by atoms with Crippen molar-refractivity contribution in [2.24, 2.45) is 0 Å². The fourth-order valence-electron chi connectivity index (χ4n) is 2.44. The van der Waals surface area contributed by atoms with Gasteiger partial charge in [-0.15, -0.1) is 11.3 Å². The zero-order valence-corrected chi connectivity index (χ0v) is 12.3. The second-order valence-electron chi connectivity index (χ2n) is 5.19. The molecule has 0 aliphatic heterocycles. The summed E-state index contributed by atoms with van der Waals surface area (Å²) in [5.74, 6) is 1.15. The molecule has 0 amide bonds. The van der Waals surface area contributed by atoms with E-state index in [2.05, 4.69) is 4.98 Å². The van der Waals surface area contributed by atoms with E-state index in [9.17, 15) is 4.79 Å². The first kappa shape index (κ1) is 13.3. The molecule has 20 heavy (non-hydrogen) atoms. The van der Waals surface area contributed by atoms with Gasteiger partial charge in [0.15, 0.2) is 0 Å². The first-order chi connectivity index (χ1) is 9.70. The summed E-state index contributed by atoms with van der Waals surface area (Å²) in [4.78, 5) is 15.9. The van der Waals surface area contributed by atoms with Crippen LogP contribution in [0.1, 0.15) is 31.4 Å². The Bertz CT molecular complexity index is 603. The van der Waals surface area contributed by atoms with Gasteiger partial charge in [0.25, 0.3) is 0 Å². The molecule has 1 aliphatic rings. The minimum absolute atomic E-state index is 0.0456. The quantitative estimate of drug-likeness (QED) is 0.856. The van der Waals surface area contributed by atoms with Crippen molar-refractivity contribution < 1.29 is 9.53 Å². The van der Waals surface area contributed by atoms with Crippen LogP contribution in [0.4, 0.5) is 0 Å². The lowest BCUT2D eigenvalue weighted by Gasteiger charge is -2.22. The van der Waals surface area contributed by atoms with Crippen molar-refractivity contribution in [3.05, 3.63) is 35.3 Å². The molecular weight excluding hydrogens is 270 g/mol. The van der Waals surface area contributed by atoms with E-state index in [0.717, 1.165) is 34.9 Å². The van der Waals surface area contributed by atoms with Gasteiger partial charge in [-0.3, -0.25) is 4.79 Å². The van der Waals surface area contributed by atoms with Gasteiger partial charge in [-0.1, -0.05) is 0 Å². The molecule has 1 atom stereocenters. The van der Waals surface area contributed by atoms with Crippen LogP contribution in [0.2, 0.25) is 0 Å². The van der Waals surface area contributed by atoms with Gasteiger partial charge in [-0.2, -0.15) is 0 Å². The van der Waals surface area contributed by atoms with Gasteiger partial charge in [-0.05, 0) is 44.0 Å². The Kier molecular flexibility index (Phi) is 3.83. The molecule has 1 unspecified atom stereocenters. The number of carbonyl (C=O) groups excluding carboxylic acids is 1. The van der Waals surface area contributed by atoms with Crippen molar-refractivity contribution in [3.8, 4) is 16.3 Å². The van der Waals surface area contributed by atoms with Crippen LogP contribution in [0.3, 0.4) is 0 Å². The number of aryl methyl sites for hydroxylation is 1. The van der Waals surface area contributed by atoms with E-state index >= 15 is 0 Å². The van der Waals surface area contributed by atoms with Crippen molar-refractivity contribution in [1.29, 1.82) is 0 Å². The Labute approximate surface area is 122 Å². The zero-order valence-electron chi connectivity index (χ0n) is 11.5. The molecule has 4 heteroatoms. The summed E-state index contributed by atoms with van der Waals surface area (Å²) in [6, 6.07) is 7.98. The molecule has 1 heterocycles. The summed E-state index contributed by atoms with van der Waals surface area (Å²) in [5.41, 5.74) is 2.15. The summed E-state index contributed by atoms with van der Waals surface area (Å²) < 4.78 is 5.88. The van der Waals surface area contributed by atoms with Crippen molar-refractivity contribution >= 4 is 17.1 Å². The first-order valence-electron chi connectivity index (χ1n) is 6.91. The van der Waals surface area contributed by atoms with E-state index in [1.165, 1.54) is 0 Å². The Hall–Kier alpha value is -1.68. The van der Waals surface area contributed by atoms with Crippen LogP contribution < -0.4 is 4.74 Å². The third-order valence-corrected chi connectivity index (χ3v) is 4.47. The Balaban J connectivity index is 1.68. The third-order valence-electron chi connectivity index (χ3n) is 3.46. The summed E-state index contributed by atoms with van der Waals surface area (Å²) in [6.45, 7) is 2.00. The topological polar surface area (TPSA) is 39.2 Å². The van der Waals surface area contributed by atoms with Crippen molar-refractivity contribution in [1.82, 2.24) is 4.98 Å². The molecule has 104 valence electrons. The number of rotatable bonds is 3. The third kappa shape index (κ3) is 3.07. The number of ether oxygens (including phenoxy) is 1. The van der Waals surface area contributed by atoms with Gasteiger partial charge in [0.1, 0.15) is 22.6 Å². The number of hydrogen-bond donors (Lipinski definition) is 0. The van der Waals surface area contributed by atoms with Crippen LogP contribution in [0.5, 0.6) is 5.75 Å². The molecule has 1 fully saturated rings. The minimum Gasteiger partial charge on any atom is -0.490 e. The fraction of sp³-hybridized carbons (Fsp3) is 0.375. The maximum atomic E-state index is 11.4. The predicted molar refractivity (Wildman–Crippen MR) is 80.2 cm³/mol. The highest BCUT2D eigenvalue weighted by Gasteiger charge is 2.20. The van der Waals surface area contributed by atoms with E-state index in [-0.39, 0.29) is 6.10 Å². The lowest BCUT2D eigenvalue weighted by atomic mass is 9.96. The van der Waals surface area contributed by atoms with E-state index in [1.807, 2.05) is 36.6 Å². The largest absolute Gasteiger partial charge is 0.490 e. The van der Waals surface area contributed by atoms with E-state index < -0.39 is 0 Å². The van der Waals surface area contributed by atoms with E-state index in [0.29, 0.717) is 18.6 Å². The van der Waals surface area contributed by atoms with Crippen LogP contribution >= 0.6 is 11.3 Å². The number of nitrogens with zero attached hydrogens (tertiary/aromatic N) is 1. The molecule has 0 bridgehead atoms. The molecule has 0 N–H and O–H groups in total. The number of Topliss-reactive ketones (excluding diaryl/α,β-unsaturated/α-hetero) is 1. The van der Waals surface area contributed by atoms with Gasteiger partial charge < -0.3 is 4.74 Å². The van der Waals surface area contributed by atoms with Crippen LogP contribution in [0.25, 0.3) is 10.6 Å². The molecule has 3 rings (SSSR count). The zero-order chi connectivity index (χ0) is 13.9. The first-order valence-corrected chi connectivity index (χ1v) is 7.79. The molecule has 0 spiro atoms. The number of thiazole rings is 1. The lowest BCUT2D eigenvalue weighted by Crippen LogP contribution is -2.25. The number of ketones is 1. The second kappa shape index (κ2) is 5.75. The van der Waals surface area contributed by atoms with Crippen molar-refractivity contribution in [2.45, 2.75) is 38.7 Å². The van der Waals surface area contributed by atoms with Crippen LogP contribution in [0, 0.1) is 6.92 Å². The maximum absolute atomic E-state index is 11.4. The average Bonchev–Trinajstić information content (AvgIpc) is 2.86. The van der Waals surface area contributed by atoms with E-state index in [4.69, 9.17) is 4.74 Å². The fourth-order valence-corrected chi connectivity index (χ4v) is 3.24. The van der Waals surface area contributed by atoms with Crippen molar-refractivity contribution in [2.75, 3.05) is 0 Å². The molecule has 1 aromatic carbocycles. The normalized spacial score (nSPS) is 19.1. The van der Waals surface area contributed by atoms with Crippen LogP contribution in [-0.2, 0) is 4.79 Å². The summed E-state index contributed by atoms with van der Waals surface area (Å²) in [7, 11) is 0. The SMILES string of the molecule is Cc1csc(-c2ccc(OC3CCCC(=O)C3)cc2)n1. The van der Waals surface area contributed by atoms with Gasteiger partial charge in [0, 0.05) is 29.5 Å². The standard InChI is InChI=1S/C16H17NO2S/c1-11-10-20-16(17-11)12-5-7-14(8-6-12)19-15-4-2-3-13(18)9-15/h5-8,10,15H,2-4,9H2,1H3. The molecule has 0 radical (unpaired) electrons. The Morgan fingerprint density at radius 2 is 2.10 bits per heavy atom. The second-order valence-corrected chi connectivity index (χ2v) is 6.05. The van der Waals surface area contributed by atoms with Crippen LogP contribution in [-0.4, -0.2) is 16.9 Å². The highest BCUT2D eigenvalue weighted by molar-refractivity contribution is 7.13. The van der Waals surface area contributed by atoms with Gasteiger partial charge in [0.2, 0.25) is 0 Å². The summed E-state index contributed by atoms with van der Waals surface area (Å²) in [5, 5.41) is 3.08. The van der Waals surface area contributed by atoms with Crippen molar-refractivity contribution in [3.63, 3.8) is 0 Å². The molecule has 3 nitrogen and oxygen atoms in total. The summed E-state index contributed by atoms with van der Waals surface area (Å²) >= 11 is 1.65. The average molecular weight is 287 g/mol. The molecule has 2 aromatic rings. The minimum atomic E-state index is 0.0456. The number of benzene rings is 1.